The van der Waals surface area contributed by atoms with E-state index in [1.54, 1.807) is 25.9 Å². The van der Waals surface area contributed by atoms with Crippen LogP contribution in [0, 0.1) is 0 Å². The van der Waals surface area contributed by atoms with E-state index in [9.17, 15) is 9.59 Å². The molecule has 0 aromatic heterocycles. The van der Waals surface area contributed by atoms with Crippen molar-refractivity contribution in [2.75, 3.05) is 44.7 Å². The minimum atomic E-state index is -0.295. The van der Waals surface area contributed by atoms with Gasteiger partial charge in [-0.1, -0.05) is 12.1 Å². The standard InChI is InChI=1S/C18H27N3O4/c1-14(2)25-17(22)8-9-19-18(23)21-12-10-20(11-13-21)15-6-4-5-7-16(15)24-3/h4-7,14H,8-13H2,1-3H3,(H,19,23). The second-order valence-electron chi connectivity index (χ2n) is 6.17. The molecule has 0 radical (unpaired) electrons. The van der Waals surface area contributed by atoms with Gasteiger partial charge in [0.25, 0.3) is 0 Å². The Hall–Kier alpha value is -2.44. The molecular formula is C18H27N3O4. The van der Waals surface area contributed by atoms with E-state index >= 15 is 0 Å². The number of carbonyl (C=O) groups excluding carboxylic acids is 2. The Bertz CT molecular complexity index is 583. The number of urea groups is 1. The summed E-state index contributed by atoms with van der Waals surface area (Å²) >= 11 is 0. The van der Waals surface area contributed by atoms with Crippen LogP contribution in [0.3, 0.4) is 0 Å². The van der Waals surface area contributed by atoms with Gasteiger partial charge in [-0.2, -0.15) is 0 Å². The summed E-state index contributed by atoms with van der Waals surface area (Å²) in [7, 11) is 1.66. The van der Waals surface area contributed by atoms with Gasteiger partial charge in [-0.25, -0.2) is 4.79 Å². The van der Waals surface area contributed by atoms with E-state index in [0.29, 0.717) is 13.1 Å². The Morgan fingerprint density at radius 1 is 1.16 bits per heavy atom. The minimum absolute atomic E-state index is 0.133. The Morgan fingerprint density at radius 2 is 1.84 bits per heavy atom. The fourth-order valence-electron chi connectivity index (χ4n) is 2.75. The van der Waals surface area contributed by atoms with Crippen LogP contribution >= 0.6 is 0 Å². The number of methoxy groups -OCH3 is 1. The second-order valence-corrected chi connectivity index (χ2v) is 6.17. The molecule has 1 aliphatic rings. The number of nitrogens with zero attached hydrogens (tertiary/aromatic N) is 2. The van der Waals surface area contributed by atoms with Crippen LogP contribution in [0.25, 0.3) is 0 Å². The second kappa shape index (κ2) is 9.15. The normalized spacial score (nSPS) is 14.4. The van der Waals surface area contributed by atoms with Crippen molar-refractivity contribution in [3.8, 4) is 5.75 Å². The van der Waals surface area contributed by atoms with Crippen molar-refractivity contribution in [2.24, 2.45) is 0 Å². The summed E-state index contributed by atoms with van der Waals surface area (Å²) in [6, 6.07) is 7.74. The zero-order chi connectivity index (χ0) is 18.2. The molecule has 2 amide bonds. The van der Waals surface area contributed by atoms with E-state index in [1.807, 2.05) is 24.3 Å². The molecule has 0 spiro atoms. The van der Waals surface area contributed by atoms with E-state index in [4.69, 9.17) is 9.47 Å². The lowest BCUT2D eigenvalue weighted by molar-refractivity contribution is -0.147. The number of benzene rings is 1. The van der Waals surface area contributed by atoms with Crippen LogP contribution in [0.15, 0.2) is 24.3 Å². The highest BCUT2D eigenvalue weighted by Gasteiger charge is 2.22. The average Bonchev–Trinajstić information content (AvgIpc) is 2.61. The number of rotatable bonds is 6. The number of piperazine rings is 1. The fraction of sp³-hybridized carbons (Fsp3) is 0.556. The Labute approximate surface area is 148 Å². The van der Waals surface area contributed by atoms with Crippen molar-refractivity contribution in [1.82, 2.24) is 10.2 Å². The lowest BCUT2D eigenvalue weighted by Gasteiger charge is -2.36. The SMILES string of the molecule is COc1ccccc1N1CCN(C(=O)NCCC(=O)OC(C)C)CC1. The zero-order valence-corrected chi connectivity index (χ0v) is 15.2. The van der Waals surface area contributed by atoms with Gasteiger partial charge >= 0.3 is 12.0 Å². The number of para-hydroxylation sites is 2. The molecule has 0 saturated carbocycles. The number of nitrogens with one attached hydrogen (secondary N) is 1. The fourth-order valence-corrected chi connectivity index (χ4v) is 2.75. The molecule has 1 fully saturated rings. The number of ether oxygens (including phenoxy) is 2. The van der Waals surface area contributed by atoms with Gasteiger partial charge in [0.05, 0.1) is 25.3 Å². The van der Waals surface area contributed by atoms with Gasteiger partial charge in [0.2, 0.25) is 0 Å². The lowest BCUT2D eigenvalue weighted by Crippen LogP contribution is -2.52. The van der Waals surface area contributed by atoms with Crippen molar-refractivity contribution < 1.29 is 19.1 Å². The molecule has 1 saturated heterocycles. The third-order valence-electron chi connectivity index (χ3n) is 3.97. The summed E-state index contributed by atoms with van der Waals surface area (Å²) in [5, 5.41) is 2.78. The molecular weight excluding hydrogens is 322 g/mol. The summed E-state index contributed by atoms with van der Waals surface area (Å²) in [5.74, 6) is 0.542. The zero-order valence-electron chi connectivity index (χ0n) is 15.2. The number of anilines is 1. The summed E-state index contributed by atoms with van der Waals surface area (Å²) in [6.45, 7) is 6.62. The predicted octanol–water partition coefficient (Wildman–Crippen LogP) is 1.87. The van der Waals surface area contributed by atoms with Crippen LogP contribution in [0.2, 0.25) is 0 Å². The molecule has 25 heavy (non-hydrogen) atoms. The third-order valence-corrected chi connectivity index (χ3v) is 3.97. The molecule has 1 aromatic rings. The smallest absolute Gasteiger partial charge is 0.317 e. The molecule has 0 bridgehead atoms. The first-order chi connectivity index (χ1) is 12.0. The number of hydrogen-bond donors (Lipinski definition) is 1. The molecule has 7 nitrogen and oxygen atoms in total. The van der Waals surface area contributed by atoms with Gasteiger partial charge < -0.3 is 24.6 Å². The summed E-state index contributed by atoms with van der Waals surface area (Å²) < 4.78 is 10.4. The monoisotopic (exact) mass is 349 g/mol. The molecule has 0 unspecified atom stereocenters. The minimum Gasteiger partial charge on any atom is -0.495 e. The number of amides is 2. The topological polar surface area (TPSA) is 71.1 Å². The maximum Gasteiger partial charge on any atom is 0.317 e. The van der Waals surface area contributed by atoms with E-state index in [1.165, 1.54) is 0 Å². The highest BCUT2D eigenvalue weighted by Crippen LogP contribution is 2.28. The van der Waals surface area contributed by atoms with Crippen LogP contribution in [0.4, 0.5) is 10.5 Å². The molecule has 1 N–H and O–H groups in total. The van der Waals surface area contributed by atoms with Crippen molar-refractivity contribution in [3.05, 3.63) is 24.3 Å². The Kier molecular flexibility index (Phi) is 6.91. The molecule has 138 valence electrons. The maximum atomic E-state index is 12.2. The van der Waals surface area contributed by atoms with Crippen molar-refractivity contribution in [1.29, 1.82) is 0 Å². The Morgan fingerprint density at radius 3 is 2.48 bits per heavy atom. The molecule has 1 aromatic carbocycles. The van der Waals surface area contributed by atoms with Gasteiger partial charge in [0.1, 0.15) is 5.75 Å². The van der Waals surface area contributed by atoms with E-state index in [2.05, 4.69) is 10.2 Å². The number of esters is 1. The van der Waals surface area contributed by atoms with Gasteiger partial charge in [0.15, 0.2) is 0 Å². The molecule has 1 aliphatic heterocycles. The Balaban J connectivity index is 1.76. The van der Waals surface area contributed by atoms with Gasteiger partial charge in [-0.3, -0.25) is 4.79 Å². The van der Waals surface area contributed by atoms with E-state index < -0.39 is 0 Å². The summed E-state index contributed by atoms with van der Waals surface area (Å²) in [6.07, 6.45) is 0.0525. The van der Waals surface area contributed by atoms with Crippen LogP contribution < -0.4 is 15.0 Å². The van der Waals surface area contributed by atoms with Crippen LogP contribution in [-0.2, 0) is 9.53 Å². The van der Waals surface area contributed by atoms with Crippen molar-refractivity contribution in [3.63, 3.8) is 0 Å². The van der Waals surface area contributed by atoms with E-state index in [0.717, 1.165) is 24.5 Å². The average molecular weight is 349 g/mol. The largest absolute Gasteiger partial charge is 0.495 e. The quantitative estimate of drug-likeness (QED) is 0.794. The first kappa shape index (κ1) is 18.9. The van der Waals surface area contributed by atoms with Crippen LogP contribution in [-0.4, -0.2) is 62.8 Å². The highest BCUT2D eigenvalue weighted by atomic mass is 16.5. The van der Waals surface area contributed by atoms with Crippen molar-refractivity contribution in [2.45, 2.75) is 26.4 Å². The number of carbonyl (C=O) groups is 2. The highest BCUT2D eigenvalue weighted by molar-refractivity contribution is 5.76. The first-order valence-corrected chi connectivity index (χ1v) is 8.61. The van der Waals surface area contributed by atoms with E-state index in [-0.39, 0.29) is 31.1 Å². The molecule has 0 aliphatic carbocycles. The molecule has 0 atom stereocenters. The molecule has 2 rings (SSSR count). The van der Waals surface area contributed by atoms with Crippen LogP contribution in [0.5, 0.6) is 5.75 Å². The maximum absolute atomic E-state index is 12.2. The van der Waals surface area contributed by atoms with Crippen LogP contribution in [0.1, 0.15) is 20.3 Å². The summed E-state index contributed by atoms with van der Waals surface area (Å²) in [4.78, 5) is 27.6. The third kappa shape index (κ3) is 5.55. The first-order valence-electron chi connectivity index (χ1n) is 8.61. The van der Waals surface area contributed by atoms with Gasteiger partial charge in [-0.15, -0.1) is 0 Å². The van der Waals surface area contributed by atoms with Gasteiger partial charge in [0, 0.05) is 32.7 Å². The van der Waals surface area contributed by atoms with Gasteiger partial charge in [-0.05, 0) is 26.0 Å². The van der Waals surface area contributed by atoms with Crippen molar-refractivity contribution >= 4 is 17.7 Å². The molecule has 7 heteroatoms. The molecule has 1 heterocycles. The summed E-state index contributed by atoms with van der Waals surface area (Å²) in [5.41, 5.74) is 1.04. The number of hydrogen-bond acceptors (Lipinski definition) is 5. The predicted molar refractivity (Wildman–Crippen MR) is 96.0 cm³/mol. The lowest BCUT2D eigenvalue weighted by atomic mass is 10.2.